The highest BCUT2D eigenvalue weighted by molar-refractivity contribution is 7.89. The maximum absolute atomic E-state index is 13.4. The first kappa shape index (κ1) is 30.4. The van der Waals surface area contributed by atoms with Crippen LogP contribution in [0, 0.1) is 25.7 Å². The molecule has 0 unspecified atom stereocenters. The molecule has 1 amide bonds. The molecule has 2 heterocycles. The number of ether oxygens (including phenoxy) is 1. The van der Waals surface area contributed by atoms with Gasteiger partial charge in [-0.2, -0.15) is 0 Å². The fourth-order valence-corrected chi connectivity index (χ4v) is 8.19. The van der Waals surface area contributed by atoms with Gasteiger partial charge < -0.3 is 15.0 Å². The number of nitrogens with one attached hydrogen (secondary N) is 1. The molecule has 3 aliphatic rings. The number of carbonyl (C=O) groups is 1. The largest absolute Gasteiger partial charge is 0.488 e. The minimum absolute atomic E-state index is 0.0372. The SMILES string of the molecule is CCOc1c(N(C)c2cc(C)c(CCS(=O)(=O)N3CCC4(CC3)N=C([C@H]3CC[C@H](C)CC3)NC4=O)c(C)c2)c(=O)c1=O. The molecule has 0 radical (unpaired) electrons. The molecule has 0 aromatic heterocycles. The summed E-state index contributed by atoms with van der Waals surface area (Å²) in [5.74, 6) is 1.78. The van der Waals surface area contributed by atoms with Crippen LogP contribution in [-0.4, -0.2) is 62.5 Å². The van der Waals surface area contributed by atoms with Gasteiger partial charge in [-0.1, -0.05) is 19.8 Å². The van der Waals surface area contributed by atoms with Crippen molar-refractivity contribution < 1.29 is 17.9 Å². The molecule has 228 valence electrons. The Hall–Kier alpha value is -3.05. The summed E-state index contributed by atoms with van der Waals surface area (Å²) in [4.78, 5) is 43.7. The number of aryl methyl sites for hydroxylation is 2. The van der Waals surface area contributed by atoms with Gasteiger partial charge in [-0.05, 0) is 87.6 Å². The van der Waals surface area contributed by atoms with Gasteiger partial charge in [0.2, 0.25) is 10.0 Å². The van der Waals surface area contributed by atoms with E-state index in [1.807, 2.05) is 26.0 Å². The molecule has 11 heteroatoms. The van der Waals surface area contributed by atoms with Gasteiger partial charge in [0.15, 0.2) is 5.75 Å². The van der Waals surface area contributed by atoms with Gasteiger partial charge in [0, 0.05) is 31.7 Å². The molecule has 1 saturated heterocycles. The van der Waals surface area contributed by atoms with Crippen LogP contribution in [0.3, 0.4) is 0 Å². The van der Waals surface area contributed by atoms with E-state index in [4.69, 9.17) is 9.73 Å². The number of nitrogens with zero attached hydrogens (tertiary/aromatic N) is 3. The summed E-state index contributed by atoms with van der Waals surface area (Å²) < 4.78 is 33.6. The number of hydrogen-bond donors (Lipinski definition) is 1. The van der Waals surface area contributed by atoms with Gasteiger partial charge in [-0.3, -0.25) is 19.4 Å². The number of amidine groups is 1. The van der Waals surface area contributed by atoms with Crippen molar-refractivity contribution in [1.29, 1.82) is 0 Å². The monoisotopic (exact) mass is 598 g/mol. The molecule has 2 fully saturated rings. The lowest BCUT2D eigenvalue weighted by atomic mass is 9.82. The standard InChI is InChI=1S/C31H42N4O6S/c1-6-41-28-25(26(36)27(28)37)34(5)23-17-20(3)24(21(4)18-23)11-16-42(39,40)35-14-12-31(13-15-35)30(38)32-29(33-31)22-9-7-19(2)8-10-22/h17-19,22H,6-16H2,1-5H3,(H,32,33,38)/t19-,22-. The smallest absolute Gasteiger partial charge is 0.272 e. The van der Waals surface area contributed by atoms with Crippen LogP contribution in [0.15, 0.2) is 26.7 Å². The van der Waals surface area contributed by atoms with E-state index in [-0.39, 0.29) is 42.8 Å². The lowest BCUT2D eigenvalue weighted by molar-refractivity contribution is -0.125. The molecule has 2 aromatic carbocycles. The molecule has 0 bridgehead atoms. The Labute approximate surface area is 247 Å². The van der Waals surface area contributed by atoms with Crippen molar-refractivity contribution >= 4 is 33.1 Å². The molecule has 2 aliphatic heterocycles. The maximum Gasteiger partial charge on any atom is 0.272 e. The zero-order valence-electron chi connectivity index (χ0n) is 25.3. The fourth-order valence-electron chi connectivity index (χ4n) is 6.73. The third-order valence-corrected chi connectivity index (χ3v) is 11.4. The first-order valence-electron chi connectivity index (χ1n) is 15.1. The molecular weight excluding hydrogens is 556 g/mol. The first-order chi connectivity index (χ1) is 19.9. The van der Waals surface area contributed by atoms with Gasteiger partial charge in [0.25, 0.3) is 16.8 Å². The minimum atomic E-state index is -3.54. The third-order valence-electron chi connectivity index (χ3n) is 9.49. The second-order valence-corrected chi connectivity index (χ2v) is 14.4. The summed E-state index contributed by atoms with van der Waals surface area (Å²) in [6.07, 6.45) is 5.50. The topological polar surface area (TPSA) is 125 Å². The average Bonchev–Trinajstić information content (AvgIpc) is 3.27. The van der Waals surface area contributed by atoms with Crippen LogP contribution in [0.2, 0.25) is 0 Å². The molecule has 1 saturated carbocycles. The van der Waals surface area contributed by atoms with E-state index in [0.29, 0.717) is 31.1 Å². The lowest BCUT2D eigenvalue weighted by Crippen LogP contribution is -2.51. The average molecular weight is 599 g/mol. The van der Waals surface area contributed by atoms with E-state index >= 15 is 0 Å². The molecular formula is C31H42N4O6S. The Morgan fingerprint density at radius 1 is 1.05 bits per heavy atom. The van der Waals surface area contributed by atoms with Gasteiger partial charge in [-0.25, -0.2) is 12.7 Å². The fraction of sp³-hybridized carbons (Fsp3) is 0.613. The van der Waals surface area contributed by atoms with Crippen molar-refractivity contribution in [2.24, 2.45) is 16.8 Å². The summed E-state index contributed by atoms with van der Waals surface area (Å²) in [5, 5.41) is 3.05. The van der Waals surface area contributed by atoms with Gasteiger partial charge >= 0.3 is 0 Å². The predicted molar refractivity (Wildman–Crippen MR) is 164 cm³/mol. The Morgan fingerprint density at radius 3 is 2.26 bits per heavy atom. The summed E-state index contributed by atoms with van der Waals surface area (Å²) in [6, 6.07) is 3.79. The van der Waals surface area contributed by atoms with Gasteiger partial charge in [-0.15, -0.1) is 0 Å². The van der Waals surface area contributed by atoms with Crippen LogP contribution >= 0.6 is 0 Å². The van der Waals surface area contributed by atoms with E-state index in [0.717, 1.165) is 53.9 Å². The zero-order chi connectivity index (χ0) is 30.4. The van der Waals surface area contributed by atoms with Crippen molar-refractivity contribution in [2.45, 2.75) is 78.2 Å². The van der Waals surface area contributed by atoms with E-state index < -0.39 is 26.4 Å². The van der Waals surface area contributed by atoms with Crippen LogP contribution in [0.4, 0.5) is 11.4 Å². The number of hydrogen-bond acceptors (Lipinski definition) is 8. The molecule has 1 aliphatic carbocycles. The highest BCUT2D eigenvalue weighted by Gasteiger charge is 2.48. The highest BCUT2D eigenvalue weighted by atomic mass is 32.2. The van der Waals surface area contributed by atoms with Gasteiger partial charge in [0.05, 0.1) is 12.4 Å². The van der Waals surface area contributed by atoms with Crippen LogP contribution in [0.1, 0.15) is 69.1 Å². The molecule has 42 heavy (non-hydrogen) atoms. The Bertz CT molecular complexity index is 1550. The number of aliphatic imine (C=N–C) groups is 1. The summed E-state index contributed by atoms with van der Waals surface area (Å²) in [5.41, 5.74) is 1.68. The summed E-state index contributed by atoms with van der Waals surface area (Å²) >= 11 is 0. The quantitative estimate of drug-likeness (QED) is 0.440. The Balaban J connectivity index is 1.22. The number of sulfonamides is 1. The van der Waals surface area contributed by atoms with Crippen molar-refractivity contribution in [3.8, 4) is 5.75 Å². The molecule has 5 rings (SSSR count). The summed E-state index contributed by atoms with van der Waals surface area (Å²) in [7, 11) is -1.83. The zero-order valence-corrected chi connectivity index (χ0v) is 26.1. The van der Waals surface area contributed by atoms with E-state index in [9.17, 15) is 22.8 Å². The first-order valence-corrected chi connectivity index (χ1v) is 16.7. The molecule has 2 aromatic rings. The number of piperidine rings is 1. The van der Waals surface area contributed by atoms with Crippen LogP contribution in [-0.2, 0) is 21.2 Å². The van der Waals surface area contributed by atoms with Crippen molar-refractivity contribution in [3.63, 3.8) is 0 Å². The lowest BCUT2D eigenvalue weighted by Gasteiger charge is -2.34. The number of carbonyl (C=O) groups excluding carboxylic acids is 1. The Morgan fingerprint density at radius 2 is 1.67 bits per heavy atom. The van der Waals surface area contributed by atoms with Crippen LogP contribution in [0.25, 0.3) is 0 Å². The highest BCUT2D eigenvalue weighted by Crippen LogP contribution is 2.36. The van der Waals surface area contributed by atoms with Crippen molar-refractivity contribution in [3.05, 3.63) is 49.3 Å². The number of benzene rings is 1. The molecule has 0 atom stereocenters. The van der Waals surface area contributed by atoms with Crippen molar-refractivity contribution in [2.75, 3.05) is 37.4 Å². The molecule has 1 spiro atoms. The van der Waals surface area contributed by atoms with E-state index in [2.05, 4.69) is 12.2 Å². The van der Waals surface area contributed by atoms with Crippen LogP contribution < -0.4 is 25.8 Å². The number of amides is 1. The Kier molecular flexibility index (Phi) is 8.37. The maximum atomic E-state index is 13.4. The third kappa shape index (κ3) is 5.53. The van der Waals surface area contributed by atoms with Gasteiger partial charge in [0.1, 0.15) is 17.1 Å². The summed E-state index contributed by atoms with van der Waals surface area (Å²) in [6.45, 7) is 8.71. The van der Waals surface area contributed by atoms with E-state index in [1.54, 1.807) is 18.9 Å². The molecule has 10 nitrogen and oxygen atoms in total. The van der Waals surface area contributed by atoms with Crippen molar-refractivity contribution in [1.82, 2.24) is 9.62 Å². The van der Waals surface area contributed by atoms with E-state index in [1.165, 1.54) is 4.31 Å². The van der Waals surface area contributed by atoms with Crippen LogP contribution in [0.5, 0.6) is 5.75 Å². The minimum Gasteiger partial charge on any atom is -0.488 e. The number of anilines is 2. The predicted octanol–water partition coefficient (Wildman–Crippen LogP) is 3.13. The second-order valence-electron chi connectivity index (χ2n) is 12.3. The second kappa shape index (κ2) is 11.6. The molecule has 1 N–H and O–H groups in total. The number of rotatable bonds is 9. The normalized spacial score (nSPS) is 22.8.